The Morgan fingerprint density at radius 1 is 1.00 bits per heavy atom. The number of carbonyl (C=O) groups excluding carboxylic acids is 2. The number of amides is 1. The Bertz CT molecular complexity index is 1440. The van der Waals surface area contributed by atoms with Crippen molar-refractivity contribution in [2.75, 3.05) is 6.61 Å². The highest BCUT2D eigenvalue weighted by atomic mass is 35.5. The third kappa shape index (κ3) is 5.71. The third-order valence-electron chi connectivity index (χ3n) is 6.61. The second-order valence-electron chi connectivity index (χ2n) is 10.5. The van der Waals surface area contributed by atoms with Crippen LogP contribution in [0.2, 0.25) is 5.02 Å². The van der Waals surface area contributed by atoms with Crippen molar-refractivity contribution in [1.82, 2.24) is 5.32 Å². The fraction of sp³-hybridized carbons (Fsp3) is 0.290. The van der Waals surface area contributed by atoms with Gasteiger partial charge in [-0.25, -0.2) is 9.59 Å². The van der Waals surface area contributed by atoms with Gasteiger partial charge in [0.15, 0.2) is 0 Å². The Kier molecular flexibility index (Phi) is 7.46. The summed E-state index contributed by atoms with van der Waals surface area (Å²) in [6.45, 7) is 5.59. The highest BCUT2D eigenvalue weighted by molar-refractivity contribution is 7.17. The quantitative estimate of drug-likeness (QED) is 0.240. The van der Waals surface area contributed by atoms with Crippen molar-refractivity contribution in [2.24, 2.45) is 0 Å². The van der Waals surface area contributed by atoms with Gasteiger partial charge in [-0.2, -0.15) is 0 Å². The van der Waals surface area contributed by atoms with Crippen LogP contribution < -0.4 is 5.32 Å². The molecule has 3 aromatic carbocycles. The summed E-state index contributed by atoms with van der Waals surface area (Å²) in [6, 6.07) is 21.5. The van der Waals surface area contributed by atoms with Crippen LogP contribution in [0.1, 0.15) is 49.8 Å². The molecule has 0 spiro atoms. The molecule has 1 N–H and O–H groups in total. The summed E-state index contributed by atoms with van der Waals surface area (Å²) >= 11 is 8.05. The van der Waals surface area contributed by atoms with E-state index in [1.54, 1.807) is 32.1 Å². The number of carbonyl (C=O) groups is 2. The SMILES string of the molecule is CC(C)(C)OC(=O)C(CCc1cc(Cl)c2sccc2c1)NC(=O)OCC1c2ccccc2-c2ccccc21. The van der Waals surface area contributed by atoms with E-state index in [0.29, 0.717) is 17.9 Å². The van der Waals surface area contributed by atoms with Crippen LogP contribution in [0, 0.1) is 0 Å². The maximum Gasteiger partial charge on any atom is 0.407 e. The largest absolute Gasteiger partial charge is 0.458 e. The van der Waals surface area contributed by atoms with E-state index in [0.717, 1.165) is 37.9 Å². The molecule has 1 atom stereocenters. The minimum atomic E-state index is -0.859. The summed E-state index contributed by atoms with van der Waals surface area (Å²) in [5.74, 6) is -0.554. The predicted molar refractivity (Wildman–Crippen MR) is 153 cm³/mol. The maximum atomic E-state index is 13.0. The number of halogens is 1. The van der Waals surface area contributed by atoms with Crippen molar-refractivity contribution in [3.8, 4) is 11.1 Å². The highest BCUT2D eigenvalue weighted by Gasteiger charge is 2.31. The van der Waals surface area contributed by atoms with E-state index in [1.165, 1.54) is 0 Å². The van der Waals surface area contributed by atoms with Crippen LogP contribution in [0.15, 0.2) is 72.1 Å². The second-order valence-corrected chi connectivity index (χ2v) is 11.8. The fourth-order valence-electron chi connectivity index (χ4n) is 4.96. The van der Waals surface area contributed by atoms with Crippen molar-refractivity contribution < 1.29 is 19.1 Å². The molecular weight excluding hydrogens is 518 g/mol. The predicted octanol–water partition coefficient (Wildman–Crippen LogP) is 7.74. The van der Waals surface area contributed by atoms with E-state index in [9.17, 15) is 9.59 Å². The number of alkyl carbamates (subject to hydrolysis) is 1. The molecule has 1 unspecified atom stereocenters. The normalized spacial score (nSPS) is 13.6. The lowest BCUT2D eigenvalue weighted by molar-refractivity contribution is -0.157. The first-order valence-corrected chi connectivity index (χ1v) is 14.0. The monoisotopic (exact) mass is 547 g/mol. The van der Waals surface area contributed by atoms with Crippen molar-refractivity contribution in [3.63, 3.8) is 0 Å². The summed E-state index contributed by atoms with van der Waals surface area (Å²) in [4.78, 5) is 26.0. The smallest absolute Gasteiger partial charge is 0.407 e. The molecule has 1 aliphatic rings. The molecule has 7 heteroatoms. The molecule has 0 fully saturated rings. The number of hydrogen-bond acceptors (Lipinski definition) is 5. The maximum absolute atomic E-state index is 13.0. The zero-order chi connectivity index (χ0) is 26.9. The van der Waals surface area contributed by atoms with Gasteiger partial charge in [0.25, 0.3) is 0 Å². The van der Waals surface area contributed by atoms with Gasteiger partial charge in [0.05, 0.1) is 9.72 Å². The first kappa shape index (κ1) is 26.3. The molecule has 0 aliphatic heterocycles. The molecule has 0 saturated heterocycles. The lowest BCUT2D eigenvalue weighted by Crippen LogP contribution is -2.45. The molecule has 5 rings (SSSR count). The van der Waals surface area contributed by atoms with E-state index in [-0.39, 0.29) is 12.5 Å². The topological polar surface area (TPSA) is 64.6 Å². The number of nitrogens with one attached hydrogen (secondary N) is 1. The Morgan fingerprint density at radius 3 is 2.32 bits per heavy atom. The minimum absolute atomic E-state index is 0.0624. The summed E-state index contributed by atoms with van der Waals surface area (Å²) in [5.41, 5.74) is 4.88. The molecule has 1 aromatic heterocycles. The zero-order valence-electron chi connectivity index (χ0n) is 21.6. The summed E-state index contributed by atoms with van der Waals surface area (Å²) in [6.07, 6.45) is 0.249. The van der Waals surface area contributed by atoms with Crippen LogP contribution in [0.5, 0.6) is 0 Å². The van der Waals surface area contributed by atoms with Gasteiger partial charge in [0.1, 0.15) is 18.2 Å². The molecule has 0 radical (unpaired) electrons. The number of fused-ring (bicyclic) bond motifs is 4. The average Bonchev–Trinajstić information content (AvgIpc) is 3.47. The number of benzene rings is 3. The number of ether oxygens (including phenoxy) is 2. The lowest BCUT2D eigenvalue weighted by Gasteiger charge is -2.25. The van der Waals surface area contributed by atoms with Crippen LogP contribution in [-0.4, -0.2) is 30.3 Å². The summed E-state index contributed by atoms with van der Waals surface area (Å²) in [5, 5.41) is 6.52. The fourth-order valence-corrected chi connectivity index (χ4v) is 6.12. The minimum Gasteiger partial charge on any atom is -0.458 e. The lowest BCUT2D eigenvalue weighted by atomic mass is 9.98. The molecule has 0 saturated carbocycles. The Morgan fingerprint density at radius 2 is 1.66 bits per heavy atom. The Labute approximate surface area is 231 Å². The number of thiophene rings is 1. The molecule has 5 nitrogen and oxygen atoms in total. The van der Waals surface area contributed by atoms with Crippen LogP contribution in [0.4, 0.5) is 4.79 Å². The number of aryl methyl sites for hydroxylation is 1. The van der Waals surface area contributed by atoms with Gasteiger partial charge < -0.3 is 14.8 Å². The third-order valence-corrected chi connectivity index (χ3v) is 7.99. The Hall–Kier alpha value is -3.35. The molecular formula is C31H30ClNO4S. The van der Waals surface area contributed by atoms with Crippen LogP contribution in [-0.2, 0) is 20.7 Å². The molecule has 1 aliphatic carbocycles. The van der Waals surface area contributed by atoms with Gasteiger partial charge in [-0.3, -0.25) is 0 Å². The molecule has 38 heavy (non-hydrogen) atoms. The first-order chi connectivity index (χ1) is 18.2. The number of esters is 1. The molecule has 0 bridgehead atoms. The first-order valence-electron chi connectivity index (χ1n) is 12.7. The highest BCUT2D eigenvalue weighted by Crippen LogP contribution is 2.44. The van der Waals surface area contributed by atoms with E-state index >= 15 is 0 Å². The molecule has 196 valence electrons. The van der Waals surface area contributed by atoms with Gasteiger partial charge in [-0.15, -0.1) is 11.3 Å². The standard InChI is InChI=1S/C31H30ClNO4S/c1-31(2,3)37-29(34)27(13-12-19-16-20-14-15-38-28(20)26(32)17-19)33-30(35)36-18-25-23-10-6-4-8-21(23)22-9-5-7-11-24(22)25/h4-11,14-17,25,27H,12-13,18H2,1-3H3,(H,33,35). The van der Waals surface area contributed by atoms with Crippen LogP contribution >= 0.6 is 22.9 Å². The van der Waals surface area contributed by atoms with E-state index in [4.69, 9.17) is 21.1 Å². The van der Waals surface area contributed by atoms with E-state index < -0.39 is 23.7 Å². The van der Waals surface area contributed by atoms with Crippen LogP contribution in [0.25, 0.3) is 21.2 Å². The number of rotatable bonds is 7. The van der Waals surface area contributed by atoms with Crippen molar-refractivity contribution in [1.29, 1.82) is 0 Å². The van der Waals surface area contributed by atoms with E-state index in [2.05, 4.69) is 35.6 Å². The molecule has 1 heterocycles. The van der Waals surface area contributed by atoms with Gasteiger partial charge in [0.2, 0.25) is 0 Å². The van der Waals surface area contributed by atoms with Gasteiger partial charge in [-0.1, -0.05) is 66.2 Å². The average molecular weight is 548 g/mol. The van der Waals surface area contributed by atoms with Gasteiger partial charge in [0, 0.05) is 5.92 Å². The second kappa shape index (κ2) is 10.8. The molecule has 1 amide bonds. The molecule has 4 aromatic rings. The van der Waals surface area contributed by atoms with Gasteiger partial charge >= 0.3 is 12.1 Å². The van der Waals surface area contributed by atoms with Crippen LogP contribution in [0.3, 0.4) is 0 Å². The zero-order valence-corrected chi connectivity index (χ0v) is 23.2. The summed E-state index contributed by atoms with van der Waals surface area (Å²) < 4.78 is 12.3. The van der Waals surface area contributed by atoms with Crippen molar-refractivity contribution >= 4 is 45.1 Å². The van der Waals surface area contributed by atoms with Crippen molar-refractivity contribution in [3.05, 3.63) is 93.8 Å². The van der Waals surface area contributed by atoms with Crippen molar-refractivity contribution in [2.45, 2.75) is 51.2 Å². The number of hydrogen-bond donors (Lipinski definition) is 1. The van der Waals surface area contributed by atoms with Gasteiger partial charge in [-0.05, 0) is 84.3 Å². The summed E-state index contributed by atoms with van der Waals surface area (Å²) in [7, 11) is 0. The van der Waals surface area contributed by atoms with E-state index in [1.807, 2.05) is 41.8 Å². The Balaban J connectivity index is 1.28.